The number of benzene rings is 2. The van der Waals surface area contributed by atoms with Gasteiger partial charge in [-0.2, -0.15) is 0 Å². The second-order valence-corrected chi connectivity index (χ2v) is 5.35. The van der Waals surface area contributed by atoms with E-state index in [0.717, 1.165) is 0 Å². The zero-order chi connectivity index (χ0) is 17.7. The summed E-state index contributed by atoms with van der Waals surface area (Å²) in [5.41, 5.74) is 0.640. The molecular formula is C18H17ClO5. The number of methoxy groups -OCH3 is 3. The number of hydrogen-bond acceptors (Lipinski definition) is 5. The van der Waals surface area contributed by atoms with Crippen molar-refractivity contribution in [1.29, 1.82) is 0 Å². The smallest absolute Gasteiger partial charge is 0.204 e. The molecule has 5 nitrogen and oxygen atoms in total. The molecule has 0 bridgehead atoms. The first-order chi connectivity index (χ1) is 11.5. The van der Waals surface area contributed by atoms with Crippen LogP contribution in [0.4, 0.5) is 0 Å². The minimum atomic E-state index is -0.377. The molecule has 0 fully saturated rings. The van der Waals surface area contributed by atoms with E-state index in [1.54, 1.807) is 30.3 Å². The molecule has 126 valence electrons. The van der Waals surface area contributed by atoms with Crippen LogP contribution in [0.3, 0.4) is 0 Å². The number of ether oxygens (including phenoxy) is 3. The molecule has 2 rings (SSSR count). The lowest BCUT2D eigenvalue weighted by Crippen LogP contribution is -2.10. The summed E-state index contributed by atoms with van der Waals surface area (Å²) in [6.45, 7) is 0. The Bertz CT molecular complexity index is 770. The fourth-order valence-corrected chi connectivity index (χ4v) is 2.52. The molecular weight excluding hydrogens is 332 g/mol. The number of ketones is 2. The molecule has 0 spiro atoms. The summed E-state index contributed by atoms with van der Waals surface area (Å²) >= 11 is 5.88. The molecule has 0 aliphatic rings. The summed E-state index contributed by atoms with van der Waals surface area (Å²) in [4.78, 5) is 24.8. The Labute approximate surface area is 145 Å². The Morgan fingerprint density at radius 2 is 1.62 bits per heavy atom. The lowest BCUT2D eigenvalue weighted by atomic mass is 10.0. The van der Waals surface area contributed by atoms with E-state index in [1.807, 2.05) is 0 Å². The predicted octanol–water partition coefficient (Wildman–Crippen LogP) is 3.82. The van der Waals surface area contributed by atoms with E-state index in [2.05, 4.69) is 0 Å². The number of Topliss-reactive ketones (excluding diaryl/α,β-unsaturated/α-hetero) is 2. The molecule has 2 aromatic carbocycles. The highest BCUT2D eigenvalue weighted by Gasteiger charge is 2.22. The van der Waals surface area contributed by atoms with E-state index < -0.39 is 0 Å². The van der Waals surface area contributed by atoms with Crippen LogP contribution in [0.5, 0.6) is 17.2 Å². The number of carbonyl (C=O) groups is 2. The van der Waals surface area contributed by atoms with Crippen molar-refractivity contribution in [3.05, 3.63) is 52.5 Å². The summed E-state index contributed by atoms with van der Waals surface area (Å²) < 4.78 is 15.7. The Morgan fingerprint density at radius 1 is 0.917 bits per heavy atom. The molecule has 24 heavy (non-hydrogen) atoms. The van der Waals surface area contributed by atoms with Crippen molar-refractivity contribution < 1.29 is 23.8 Å². The summed E-state index contributed by atoms with van der Waals surface area (Å²) in [5, 5.41) is 0.442. The van der Waals surface area contributed by atoms with Gasteiger partial charge in [-0.15, -0.1) is 0 Å². The zero-order valence-corrected chi connectivity index (χ0v) is 14.3. The molecule has 2 aromatic rings. The third-order valence-corrected chi connectivity index (χ3v) is 3.71. The SMILES string of the molecule is COc1ccc(C(=O)CC(=O)c2cccc(Cl)c2)c(OC)c1OC. The highest BCUT2D eigenvalue weighted by Crippen LogP contribution is 2.40. The first-order valence-electron chi connectivity index (χ1n) is 7.12. The van der Waals surface area contributed by atoms with Gasteiger partial charge < -0.3 is 14.2 Å². The van der Waals surface area contributed by atoms with Crippen LogP contribution in [0.1, 0.15) is 27.1 Å². The average molecular weight is 349 g/mol. The third kappa shape index (κ3) is 3.68. The summed E-state index contributed by atoms with van der Waals surface area (Å²) in [7, 11) is 4.36. The van der Waals surface area contributed by atoms with Crippen LogP contribution in [-0.2, 0) is 0 Å². The molecule has 6 heteroatoms. The van der Waals surface area contributed by atoms with Gasteiger partial charge in [0.05, 0.1) is 33.3 Å². The molecule has 0 aliphatic carbocycles. The maximum Gasteiger partial charge on any atom is 0.204 e. The lowest BCUT2D eigenvalue weighted by molar-refractivity contribution is 0.0892. The number of carbonyl (C=O) groups excluding carboxylic acids is 2. The van der Waals surface area contributed by atoms with Gasteiger partial charge in [0.15, 0.2) is 23.1 Å². The fraction of sp³-hybridized carbons (Fsp3) is 0.222. The van der Waals surface area contributed by atoms with E-state index in [1.165, 1.54) is 27.4 Å². The van der Waals surface area contributed by atoms with Crippen molar-refractivity contribution in [2.24, 2.45) is 0 Å². The third-order valence-electron chi connectivity index (χ3n) is 3.47. The van der Waals surface area contributed by atoms with Gasteiger partial charge in [-0.05, 0) is 24.3 Å². The molecule has 0 aromatic heterocycles. The Balaban J connectivity index is 2.31. The molecule has 0 atom stereocenters. The number of halogens is 1. The molecule has 0 saturated carbocycles. The van der Waals surface area contributed by atoms with Crippen molar-refractivity contribution >= 4 is 23.2 Å². The molecule has 0 amide bonds. The number of hydrogen-bond donors (Lipinski definition) is 0. The minimum absolute atomic E-state index is 0.237. The predicted molar refractivity (Wildman–Crippen MR) is 90.8 cm³/mol. The van der Waals surface area contributed by atoms with Crippen LogP contribution in [0, 0.1) is 0 Å². The van der Waals surface area contributed by atoms with Gasteiger partial charge in [0, 0.05) is 10.6 Å². The second kappa shape index (κ2) is 7.84. The van der Waals surface area contributed by atoms with Gasteiger partial charge in [-0.25, -0.2) is 0 Å². The van der Waals surface area contributed by atoms with Gasteiger partial charge in [0.2, 0.25) is 5.75 Å². The van der Waals surface area contributed by atoms with Crippen LogP contribution >= 0.6 is 11.6 Å². The second-order valence-electron chi connectivity index (χ2n) is 4.92. The van der Waals surface area contributed by atoms with Gasteiger partial charge in [0.25, 0.3) is 0 Å². The van der Waals surface area contributed by atoms with E-state index >= 15 is 0 Å². The number of rotatable bonds is 7. The normalized spacial score (nSPS) is 10.2. The van der Waals surface area contributed by atoms with E-state index in [0.29, 0.717) is 22.1 Å². The monoisotopic (exact) mass is 348 g/mol. The molecule has 0 saturated heterocycles. The highest BCUT2D eigenvalue weighted by molar-refractivity contribution is 6.31. The zero-order valence-electron chi connectivity index (χ0n) is 13.6. The first kappa shape index (κ1) is 17.8. The Kier molecular flexibility index (Phi) is 5.82. The molecule has 0 unspecified atom stereocenters. The lowest BCUT2D eigenvalue weighted by Gasteiger charge is -2.15. The van der Waals surface area contributed by atoms with Gasteiger partial charge in [0.1, 0.15) is 0 Å². The molecule has 0 heterocycles. The van der Waals surface area contributed by atoms with Crippen molar-refractivity contribution in [2.45, 2.75) is 6.42 Å². The molecule has 0 aliphatic heterocycles. The van der Waals surface area contributed by atoms with Crippen molar-refractivity contribution in [1.82, 2.24) is 0 Å². The van der Waals surface area contributed by atoms with Crippen molar-refractivity contribution in [2.75, 3.05) is 21.3 Å². The van der Waals surface area contributed by atoms with E-state index in [4.69, 9.17) is 25.8 Å². The largest absolute Gasteiger partial charge is 0.493 e. The van der Waals surface area contributed by atoms with Gasteiger partial charge in [-0.1, -0.05) is 23.7 Å². The van der Waals surface area contributed by atoms with Crippen molar-refractivity contribution in [3.8, 4) is 17.2 Å². The Hall–Kier alpha value is -2.53. The first-order valence-corrected chi connectivity index (χ1v) is 7.50. The maximum atomic E-state index is 12.5. The van der Waals surface area contributed by atoms with E-state index in [9.17, 15) is 9.59 Å². The molecule has 0 N–H and O–H groups in total. The van der Waals surface area contributed by atoms with Crippen LogP contribution in [-0.4, -0.2) is 32.9 Å². The van der Waals surface area contributed by atoms with Gasteiger partial charge >= 0.3 is 0 Å². The summed E-state index contributed by atoms with van der Waals surface area (Å²) in [6, 6.07) is 9.62. The topological polar surface area (TPSA) is 61.8 Å². The fourth-order valence-electron chi connectivity index (χ4n) is 2.33. The minimum Gasteiger partial charge on any atom is -0.493 e. The molecule has 0 radical (unpaired) electrons. The average Bonchev–Trinajstić information content (AvgIpc) is 2.59. The van der Waals surface area contributed by atoms with Gasteiger partial charge in [-0.3, -0.25) is 9.59 Å². The van der Waals surface area contributed by atoms with Crippen LogP contribution in [0.25, 0.3) is 0 Å². The van der Waals surface area contributed by atoms with Crippen LogP contribution in [0.15, 0.2) is 36.4 Å². The standard InChI is InChI=1S/C18H17ClO5/c1-22-16-8-7-13(17(23-2)18(16)24-3)15(21)10-14(20)11-5-4-6-12(19)9-11/h4-9H,10H2,1-3H3. The van der Waals surface area contributed by atoms with E-state index in [-0.39, 0.29) is 29.3 Å². The van der Waals surface area contributed by atoms with Crippen LogP contribution < -0.4 is 14.2 Å². The summed E-state index contributed by atoms with van der Waals surface area (Å²) in [6.07, 6.45) is -0.299. The summed E-state index contributed by atoms with van der Waals surface area (Å²) in [5.74, 6) is 0.283. The highest BCUT2D eigenvalue weighted by atomic mass is 35.5. The maximum absolute atomic E-state index is 12.5. The van der Waals surface area contributed by atoms with Crippen LogP contribution in [0.2, 0.25) is 5.02 Å². The Morgan fingerprint density at radius 3 is 2.21 bits per heavy atom. The van der Waals surface area contributed by atoms with Crippen molar-refractivity contribution in [3.63, 3.8) is 0 Å². The quantitative estimate of drug-likeness (QED) is 0.562.